The number of aromatic nitrogens is 2. The lowest BCUT2D eigenvalue weighted by atomic mass is 9.94. The van der Waals surface area contributed by atoms with E-state index in [1.165, 1.54) is 11.3 Å². The molecule has 0 aliphatic carbocycles. The third-order valence-corrected chi connectivity index (χ3v) is 4.43. The summed E-state index contributed by atoms with van der Waals surface area (Å²) < 4.78 is 11.1. The zero-order valence-electron chi connectivity index (χ0n) is 16.3. The molecule has 3 N–H and O–H groups in total. The number of aliphatic hydroxyl groups is 1. The summed E-state index contributed by atoms with van der Waals surface area (Å²) in [6.07, 6.45) is 6.77. The highest BCUT2D eigenvalue weighted by molar-refractivity contribution is 7.16. The summed E-state index contributed by atoms with van der Waals surface area (Å²) in [7, 11) is 0. The SMILES string of the molecule is CCCOC1=NC(O)N=C(Nc2ncc(/C=C/c3ncc(C(C)(C)C)o3)s2)N1. The number of thiazole rings is 1. The Hall–Kier alpha value is -2.72. The number of hydrogen-bond acceptors (Lipinski definition) is 10. The van der Waals surface area contributed by atoms with Crippen molar-refractivity contribution in [2.45, 2.75) is 45.9 Å². The summed E-state index contributed by atoms with van der Waals surface area (Å²) in [5, 5.41) is 16.2. The molecule has 0 radical (unpaired) electrons. The average Bonchev–Trinajstić information content (AvgIpc) is 3.26. The van der Waals surface area contributed by atoms with E-state index in [9.17, 15) is 5.11 Å². The number of anilines is 1. The fraction of sp³-hybridized carbons (Fsp3) is 0.444. The maximum atomic E-state index is 9.72. The molecule has 10 heteroatoms. The van der Waals surface area contributed by atoms with Crippen molar-refractivity contribution in [2.24, 2.45) is 9.98 Å². The number of hydrogen-bond donors (Lipinski definition) is 3. The molecule has 3 rings (SSSR count). The second-order valence-corrected chi connectivity index (χ2v) is 8.13. The topological polar surface area (TPSA) is 117 Å². The fourth-order valence-electron chi connectivity index (χ4n) is 2.14. The maximum Gasteiger partial charge on any atom is 0.295 e. The van der Waals surface area contributed by atoms with Gasteiger partial charge in [0.25, 0.3) is 12.4 Å². The molecule has 1 atom stereocenters. The van der Waals surface area contributed by atoms with Crippen LogP contribution in [0.15, 0.2) is 26.8 Å². The number of amidine groups is 1. The first-order chi connectivity index (χ1) is 13.3. The van der Waals surface area contributed by atoms with E-state index in [0.29, 0.717) is 23.6 Å². The van der Waals surface area contributed by atoms with Crippen LogP contribution in [0.25, 0.3) is 12.2 Å². The molecule has 28 heavy (non-hydrogen) atoms. The fourth-order valence-corrected chi connectivity index (χ4v) is 2.86. The van der Waals surface area contributed by atoms with Crippen LogP contribution in [0, 0.1) is 0 Å². The first-order valence-electron chi connectivity index (χ1n) is 8.94. The zero-order valence-corrected chi connectivity index (χ0v) is 17.1. The predicted molar refractivity (Wildman–Crippen MR) is 110 cm³/mol. The van der Waals surface area contributed by atoms with Gasteiger partial charge in [-0.1, -0.05) is 39.0 Å². The van der Waals surface area contributed by atoms with Gasteiger partial charge in [0.1, 0.15) is 5.76 Å². The molecule has 2 aromatic rings. The molecular weight excluding hydrogens is 380 g/mol. The lowest BCUT2D eigenvalue weighted by Crippen LogP contribution is -2.42. The van der Waals surface area contributed by atoms with Crippen LogP contribution < -0.4 is 10.6 Å². The lowest BCUT2D eigenvalue weighted by molar-refractivity contribution is 0.182. The van der Waals surface area contributed by atoms with Crippen LogP contribution in [0.3, 0.4) is 0 Å². The molecule has 0 fully saturated rings. The first kappa shape index (κ1) is 20.0. The third kappa shape index (κ3) is 5.40. The summed E-state index contributed by atoms with van der Waals surface area (Å²) in [5.74, 6) is 1.70. The molecule has 2 aromatic heterocycles. The minimum Gasteiger partial charge on any atom is -0.465 e. The van der Waals surface area contributed by atoms with Crippen LogP contribution in [-0.4, -0.2) is 40.0 Å². The third-order valence-electron chi connectivity index (χ3n) is 3.55. The average molecular weight is 404 g/mol. The predicted octanol–water partition coefficient (Wildman–Crippen LogP) is 3.03. The minimum atomic E-state index is -1.21. The smallest absolute Gasteiger partial charge is 0.295 e. The summed E-state index contributed by atoms with van der Waals surface area (Å²) in [6.45, 7) is 8.70. The Labute approximate surface area is 167 Å². The maximum absolute atomic E-state index is 9.72. The molecule has 0 spiro atoms. The molecule has 9 nitrogen and oxygen atoms in total. The van der Waals surface area contributed by atoms with Gasteiger partial charge in [-0.15, -0.1) is 0 Å². The van der Waals surface area contributed by atoms with Crippen LogP contribution in [0.4, 0.5) is 5.13 Å². The second-order valence-electron chi connectivity index (χ2n) is 7.07. The van der Waals surface area contributed by atoms with Crippen LogP contribution in [0.5, 0.6) is 0 Å². The molecule has 0 aromatic carbocycles. The van der Waals surface area contributed by atoms with Crippen LogP contribution in [-0.2, 0) is 10.2 Å². The quantitative estimate of drug-likeness (QED) is 0.701. The summed E-state index contributed by atoms with van der Waals surface area (Å²) >= 11 is 1.42. The van der Waals surface area contributed by atoms with Crippen LogP contribution >= 0.6 is 11.3 Å². The molecule has 0 bridgehead atoms. The Kier molecular flexibility index (Phi) is 6.10. The summed E-state index contributed by atoms with van der Waals surface area (Å²) in [5.41, 5.74) is -0.0814. The van der Waals surface area contributed by atoms with Crippen molar-refractivity contribution >= 4 is 40.6 Å². The normalized spacial score (nSPS) is 17.2. The van der Waals surface area contributed by atoms with Crippen molar-refractivity contribution in [3.05, 3.63) is 28.9 Å². The van der Waals surface area contributed by atoms with Gasteiger partial charge in [-0.25, -0.2) is 9.97 Å². The van der Waals surface area contributed by atoms with Crippen molar-refractivity contribution in [1.29, 1.82) is 0 Å². The molecule has 3 heterocycles. The number of nitrogens with one attached hydrogen (secondary N) is 2. The first-order valence-corrected chi connectivity index (χ1v) is 9.76. The van der Waals surface area contributed by atoms with E-state index < -0.39 is 6.35 Å². The largest absolute Gasteiger partial charge is 0.465 e. The van der Waals surface area contributed by atoms with Crippen molar-refractivity contribution in [3.8, 4) is 0 Å². The number of oxazole rings is 1. The minimum absolute atomic E-state index is 0.0814. The van der Waals surface area contributed by atoms with E-state index >= 15 is 0 Å². The highest BCUT2D eigenvalue weighted by Gasteiger charge is 2.19. The van der Waals surface area contributed by atoms with Gasteiger partial charge >= 0.3 is 0 Å². The van der Waals surface area contributed by atoms with Gasteiger partial charge < -0.3 is 19.6 Å². The van der Waals surface area contributed by atoms with E-state index in [-0.39, 0.29) is 11.4 Å². The molecule has 150 valence electrons. The Morgan fingerprint density at radius 1 is 1.29 bits per heavy atom. The molecular formula is C18H24N6O3S. The van der Waals surface area contributed by atoms with E-state index in [2.05, 4.69) is 51.4 Å². The van der Waals surface area contributed by atoms with E-state index in [1.807, 2.05) is 13.0 Å². The van der Waals surface area contributed by atoms with E-state index in [4.69, 9.17) is 9.15 Å². The van der Waals surface area contributed by atoms with Crippen molar-refractivity contribution < 1.29 is 14.3 Å². The highest BCUT2D eigenvalue weighted by Crippen LogP contribution is 2.24. The lowest BCUT2D eigenvalue weighted by Gasteiger charge is -2.18. The monoisotopic (exact) mass is 404 g/mol. The number of aliphatic imine (C=N–C) groups is 2. The number of nitrogens with zero attached hydrogens (tertiary/aromatic N) is 4. The van der Waals surface area contributed by atoms with Gasteiger partial charge in [0, 0.05) is 22.6 Å². The van der Waals surface area contributed by atoms with Gasteiger partial charge in [0.05, 0.1) is 12.8 Å². The Morgan fingerprint density at radius 2 is 2.11 bits per heavy atom. The van der Waals surface area contributed by atoms with Gasteiger partial charge in [-0.3, -0.25) is 5.32 Å². The summed E-state index contributed by atoms with van der Waals surface area (Å²) in [6, 6.07) is 0.224. The Balaban J connectivity index is 1.60. The second kappa shape index (κ2) is 8.53. The number of aliphatic hydroxyl groups excluding tert-OH is 1. The van der Waals surface area contributed by atoms with Gasteiger partial charge in [0.15, 0.2) is 5.13 Å². The zero-order chi connectivity index (χ0) is 20.1. The molecule has 1 unspecified atom stereocenters. The molecule has 1 aliphatic heterocycles. The van der Waals surface area contributed by atoms with Gasteiger partial charge in [-0.05, 0) is 12.5 Å². The van der Waals surface area contributed by atoms with Gasteiger partial charge in [-0.2, -0.15) is 9.98 Å². The van der Waals surface area contributed by atoms with Crippen LogP contribution in [0.1, 0.15) is 50.6 Å². The molecule has 0 saturated carbocycles. The number of guanidine groups is 1. The molecule has 1 aliphatic rings. The van der Waals surface area contributed by atoms with E-state index in [0.717, 1.165) is 17.1 Å². The van der Waals surface area contributed by atoms with Crippen LogP contribution in [0.2, 0.25) is 0 Å². The number of ether oxygens (including phenoxy) is 1. The van der Waals surface area contributed by atoms with Crippen molar-refractivity contribution in [2.75, 3.05) is 11.9 Å². The Morgan fingerprint density at radius 3 is 2.82 bits per heavy atom. The Bertz CT molecular complexity index is 893. The molecule has 0 amide bonds. The number of rotatable bonds is 5. The van der Waals surface area contributed by atoms with Crippen molar-refractivity contribution in [3.63, 3.8) is 0 Å². The summed E-state index contributed by atoms with van der Waals surface area (Å²) in [4.78, 5) is 17.3. The standard InChI is InChI=1S/C18H24N6O3S/c1-5-8-26-16-22-14(21-15(25)24-16)23-17-20-9-11(28-17)6-7-13-19-10-12(27-13)18(2,3)4/h6-7,9-10,15,25H,5,8H2,1-4H3,(H2,20,21,22,23,24)/b7-6+. The molecule has 0 saturated heterocycles. The van der Waals surface area contributed by atoms with Crippen molar-refractivity contribution in [1.82, 2.24) is 15.3 Å². The highest BCUT2D eigenvalue weighted by atomic mass is 32.1. The van der Waals surface area contributed by atoms with E-state index in [1.54, 1.807) is 18.5 Å². The van der Waals surface area contributed by atoms with Gasteiger partial charge in [0.2, 0.25) is 11.9 Å².